The normalized spacial score (nSPS) is 14.9. The van der Waals surface area contributed by atoms with Crippen molar-refractivity contribution in [3.8, 4) is 5.75 Å². The Balaban J connectivity index is 1.39. The van der Waals surface area contributed by atoms with Crippen LogP contribution in [0.5, 0.6) is 5.75 Å². The molecule has 1 N–H and O–H groups in total. The molecule has 1 heterocycles. The molecule has 0 radical (unpaired) electrons. The Morgan fingerprint density at radius 3 is 2.29 bits per heavy atom. The van der Waals surface area contributed by atoms with Gasteiger partial charge >= 0.3 is 6.03 Å². The number of barbiturate groups is 1. The highest BCUT2D eigenvalue weighted by Crippen LogP contribution is 2.24. The molecule has 0 spiro atoms. The number of amides is 4. The molecule has 172 valence electrons. The highest BCUT2D eigenvalue weighted by molar-refractivity contribution is 7.99. The molecule has 0 saturated carbocycles. The standard InChI is InChI=1S/C26H21ClN2O4S/c1-17-2-12-22(13-3-17)34-15-14-33-21-10-4-18(5-11-21)16-23-24(30)28-26(32)29(25(23)31)20-8-6-19(27)7-9-20/h2-13,16H,14-15H2,1H3,(H,28,30,32)/b23-16+. The molecule has 4 rings (SSSR count). The third-order valence-corrected chi connectivity index (χ3v) is 6.25. The first-order valence-corrected chi connectivity index (χ1v) is 11.9. The number of nitrogens with zero attached hydrogens (tertiary/aromatic N) is 1. The highest BCUT2D eigenvalue weighted by atomic mass is 35.5. The number of imide groups is 2. The Morgan fingerprint density at radius 1 is 0.941 bits per heavy atom. The van der Waals surface area contributed by atoms with Gasteiger partial charge in [0.25, 0.3) is 11.8 Å². The fraction of sp³-hybridized carbons (Fsp3) is 0.115. The van der Waals surface area contributed by atoms with E-state index in [0.29, 0.717) is 28.6 Å². The second-order valence-corrected chi connectivity index (χ2v) is 9.12. The van der Waals surface area contributed by atoms with Gasteiger partial charge < -0.3 is 4.74 Å². The molecule has 1 aliphatic heterocycles. The first-order chi connectivity index (χ1) is 16.4. The molecule has 3 aromatic carbocycles. The van der Waals surface area contributed by atoms with Gasteiger partial charge in [-0.2, -0.15) is 0 Å². The van der Waals surface area contributed by atoms with Crippen LogP contribution in [0.3, 0.4) is 0 Å². The quantitative estimate of drug-likeness (QED) is 0.204. The van der Waals surface area contributed by atoms with Crippen LogP contribution in [0.25, 0.3) is 6.08 Å². The summed E-state index contributed by atoms with van der Waals surface area (Å²) in [5.41, 5.74) is 2.04. The summed E-state index contributed by atoms with van der Waals surface area (Å²) in [6.45, 7) is 2.60. The second-order valence-electron chi connectivity index (χ2n) is 7.51. The lowest BCUT2D eigenvalue weighted by Gasteiger charge is -2.26. The average molecular weight is 493 g/mol. The molecule has 0 unspecified atom stereocenters. The second kappa shape index (κ2) is 10.6. The minimum absolute atomic E-state index is 0.141. The van der Waals surface area contributed by atoms with Crippen LogP contribution in [-0.4, -0.2) is 30.2 Å². The van der Waals surface area contributed by atoms with E-state index in [9.17, 15) is 14.4 Å². The number of rotatable bonds is 7. The molecule has 0 aliphatic carbocycles. The van der Waals surface area contributed by atoms with Crippen LogP contribution >= 0.6 is 23.4 Å². The first-order valence-electron chi connectivity index (χ1n) is 10.5. The van der Waals surface area contributed by atoms with Gasteiger partial charge in [-0.05, 0) is 67.1 Å². The van der Waals surface area contributed by atoms with E-state index in [4.69, 9.17) is 16.3 Å². The Morgan fingerprint density at radius 2 is 1.62 bits per heavy atom. The number of aryl methyl sites for hydroxylation is 1. The van der Waals surface area contributed by atoms with Crippen molar-refractivity contribution in [2.75, 3.05) is 17.3 Å². The van der Waals surface area contributed by atoms with Crippen molar-refractivity contribution in [1.29, 1.82) is 0 Å². The van der Waals surface area contributed by atoms with E-state index in [1.165, 1.54) is 28.7 Å². The molecule has 8 heteroatoms. The molecular weight excluding hydrogens is 472 g/mol. The number of thioether (sulfide) groups is 1. The predicted molar refractivity (Wildman–Crippen MR) is 134 cm³/mol. The minimum atomic E-state index is -0.804. The van der Waals surface area contributed by atoms with Crippen molar-refractivity contribution in [2.45, 2.75) is 11.8 Å². The predicted octanol–water partition coefficient (Wildman–Crippen LogP) is 5.49. The summed E-state index contributed by atoms with van der Waals surface area (Å²) in [5, 5.41) is 2.67. The monoisotopic (exact) mass is 492 g/mol. The zero-order valence-corrected chi connectivity index (χ0v) is 19.9. The smallest absolute Gasteiger partial charge is 0.335 e. The van der Waals surface area contributed by atoms with Crippen LogP contribution in [0.15, 0.2) is 83.3 Å². The number of anilines is 1. The van der Waals surface area contributed by atoms with Crippen LogP contribution < -0.4 is 15.0 Å². The Kier molecular flexibility index (Phi) is 7.35. The van der Waals surface area contributed by atoms with Crippen molar-refractivity contribution in [3.63, 3.8) is 0 Å². The van der Waals surface area contributed by atoms with Crippen molar-refractivity contribution in [1.82, 2.24) is 5.32 Å². The molecule has 6 nitrogen and oxygen atoms in total. The Hall–Kier alpha value is -3.55. The number of urea groups is 1. The lowest BCUT2D eigenvalue weighted by Crippen LogP contribution is -2.54. The maximum atomic E-state index is 12.9. The number of carbonyl (C=O) groups excluding carboxylic acids is 3. The number of carbonyl (C=O) groups is 3. The van der Waals surface area contributed by atoms with E-state index >= 15 is 0 Å². The number of hydrogen-bond acceptors (Lipinski definition) is 5. The van der Waals surface area contributed by atoms with Gasteiger partial charge in [-0.3, -0.25) is 14.9 Å². The van der Waals surface area contributed by atoms with E-state index in [0.717, 1.165) is 10.7 Å². The van der Waals surface area contributed by atoms with Gasteiger partial charge in [0.05, 0.1) is 12.3 Å². The molecule has 1 saturated heterocycles. The third-order valence-electron chi connectivity index (χ3n) is 5.02. The summed E-state index contributed by atoms with van der Waals surface area (Å²) >= 11 is 7.61. The van der Waals surface area contributed by atoms with Crippen LogP contribution in [0, 0.1) is 6.92 Å². The highest BCUT2D eigenvalue weighted by Gasteiger charge is 2.36. The summed E-state index contributed by atoms with van der Waals surface area (Å²) < 4.78 is 5.79. The van der Waals surface area contributed by atoms with Crippen LogP contribution in [0.2, 0.25) is 5.02 Å². The average Bonchev–Trinajstić information content (AvgIpc) is 2.82. The molecule has 1 aliphatic rings. The lowest BCUT2D eigenvalue weighted by atomic mass is 10.1. The van der Waals surface area contributed by atoms with Gasteiger partial charge in [0.15, 0.2) is 0 Å². The van der Waals surface area contributed by atoms with Gasteiger partial charge in [0.1, 0.15) is 11.3 Å². The summed E-state index contributed by atoms with van der Waals surface area (Å²) in [6, 6.07) is 20.8. The first kappa shape index (κ1) is 23.6. The molecular formula is C26H21ClN2O4S. The third kappa shape index (κ3) is 5.68. The maximum absolute atomic E-state index is 12.9. The van der Waals surface area contributed by atoms with Crippen LogP contribution in [0.1, 0.15) is 11.1 Å². The van der Waals surface area contributed by atoms with Crippen LogP contribution in [-0.2, 0) is 9.59 Å². The maximum Gasteiger partial charge on any atom is 0.335 e. The molecule has 3 aromatic rings. The topological polar surface area (TPSA) is 75.7 Å². The van der Waals surface area contributed by atoms with Crippen LogP contribution in [0.4, 0.5) is 10.5 Å². The van der Waals surface area contributed by atoms with Crippen molar-refractivity contribution in [3.05, 3.63) is 94.5 Å². The largest absolute Gasteiger partial charge is 0.493 e. The van der Waals surface area contributed by atoms with Crippen molar-refractivity contribution in [2.24, 2.45) is 0 Å². The fourth-order valence-corrected chi connectivity index (χ4v) is 4.12. The number of ether oxygens (including phenoxy) is 1. The van der Waals surface area contributed by atoms with Gasteiger partial charge in [-0.15, -0.1) is 11.8 Å². The molecule has 0 bridgehead atoms. The SMILES string of the molecule is Cc1ccc(SCCOc2ccc(/C=C3\C(=O)NC(=O)N(c4ccc(Cl)cc4)C3=O)cc2)cc1. The molecule has 0 aromatic heterocycles. The Bertz CT molecular complexity index is 1240. The zero-order valence-electron chi connectivity index (χ0n) is 18.3. The van der Waals surface area contributed by atoms with E-state index in [1.54, 1.807) is 48.2 Å². The van der Waals surface area contributed by atoms with E-state index in [-0.39, 0.29) is 5.57 Å². The van der Waals surface area contributed by atoms with Gasteiger partial charge in [-0.25, -0.2) is 9.69 Å². The van der Waals surface area contributed by atoms with E-state index < -0.39 is 17.8 Å². The van der Waals surface area contributed by atoms with Gasteiger partial charge in [0.2, 0.25) is 0 Å². The fourth-order valence-electron chi connectivity index (χ4n) is 3.26. The summed E-state index contributed by atoms with van der Waals surface area (Å²) in [6.07, 6.45) is 1.45. The molecule has 34 heavy (non-hydrogen) atoms. The molecule has 4 amide bonds. The number of nitrogens with one attached hydrogen (secondary N) is 1. The minimum Gasteiger partial charge on any atom is -0.493 e. The number of halogens is 1. The van der Waals surface area contributed by atoms with Gasteiger partial charge in [0, 0.05) is 15.7 Å². The van der Waals surface area contributed by atoms with Crippen molar-refractivity contribution >= 4 is 53.0 Å². The Labute approximate surface area is 206 Å². The van der Waals surface area contributed by atoms with E-state index in [2.05, 4.69) is 36.5 Å². The number of benzene rings is 3. The molecule has 1 fully saturated rings. The summed E-state index contributed by atoms with van der Waals surface area (Å²) in [5.74, 6) is 0.0419. The zero-order chi connectivity index (χ0) is 24.1. The van der Waals surface area contributed by atoms with Crippen molar-refractivity contribution < 1.29 is 19.1 Å². The lowest BCUT2D eigenvalue weighted by molar-refractivity contribution is -0.122. The van der Waals surface area contributed by atoms with Gasteiger partial charge in [-0.1, -0.05) is 41.4 Å². The summed E-state index contributed by atoms with van der Waals surface area (Å²) in [7, 11) is 0. The van der Waals surface area contributed by atoms with E-state index in [1.807, 2.05) is 0 Å². The summed E-state index contributed by atoms with van der Waals surface area (Å²) in [4.78, 5) is 39.6. The number of hydrogen-bond donors (Lipinski definition) is 1. The molecule has 0 atom stereocenters.